The molecule has 26 heavy (non-hydrogen) atoms. The summed E-state index contributed by atoms with van der Waals surface area (Å²) in [5.41, 5.74) is 1.94. The Kier molecular flexibility index (Phi) is 4.68. The minimum Gasteiger partial charge on any atom is -0.335 e. The number of benzene rings is 2. The lowest BCUT2D eigenvalue weighted by Crippen LogP contribution is -2.37. The fraction of sp³-hybridized carbons (Fsp3) is 0.333. The minimum atomic E-state index is -0.286. The largest absolute Gasteiger partial charge is 0.335 e. The number of nitrogens with zero attached hydrogens (tertiary/aromatic N) is 2. The van der Waals surface area contributed by atoms with E-state index in [0.29, 0.717) is 11.6 Å². The molecule has 0 bridgehead atoms. The average molecular weight is 369 g/mol. The van der Waals surface area contributed by atoms with Gasteiger partial charge in [-0.15, -0.1) is 0 Å². The molecule has 2 saturated heterocycles. The first-order chi connectivity index (χ1) is 12.6. The van der Waals surface area contributed by atoms with Crippen LogP contribution in [0.5, 0.6) is 0 Å². The van der Waals surface area contributed by atoms with Crippen LogP contribution in [0, 0.1) is 5.92 Å². The van der Waals surface area contributed by atoms with Crippen molar-refractivity contribution >= 4 is 29.1 Å². The van der Waals surface area contributed by atoms with Crippen molar-refractivity contribution in [3.8, 4) is 0 Å². The second kappa shape index (κ2) is 7.12. The summed E-state index contributed by atoms with van der Waals surface area (Å²) in [4.78, 5) is 29.3. The van der Waals surface area contributed by atoms with Gasteiger partial charge in [0.1, 0.15) is 0 Å². The molecule has 2 aromatic rings. The summed E-state index contributed by atoms with van der Waals surface area (Å²) in [6.07, 6.45) is 2.25. The molecule has 0 aliphatic carbocycles. The monoisotopic (exact) mass is 368 g/mol. The van der Waals surface area contributed by atoms with E-state index in [9.17, 15) is 9.59 Å². The van der Waals surface area contributed by atoms with Gasteiger partial charge in [0.05, 0.1) is 12.0 Å². The lowest BCUT2D eigenvalue weighted by Gasteiger charge is -2.27. The number of likely N-dealkylation sites (tertiary alicyclic amines) is 1. The van der Waals surface area contributed by atoms with E-state index in [-0.39, 0.29) is 30.2 Å². The Bertz CT molecular complexity index is 824. The second-order valence-corrected chi connectivity index (χ2v) is 7.42. The van der Waals surface area contributed by atoms with E-state index in [1.54, 1.807) is 17.0 Å². The van der Waals surface area contributed by atoms with Gasteiger partial charge in [-0.25, -0.2) is 0 Å². The zero-order chi connectivity index (χ0) is 18.1. The van der Waals surface area contributed by atoms with Gasteiger partial charge in [0.25, 0.3) is 0 Å². The molecule has 0 aromatic heterocycles. The topological polar surface area (TPSA) is 40.6 Å². The Balaban J connectivity index is 1.51. The van der Waals surface area contributed by atoms with Crippen LogP contribution in [-0.2, 0) is 9.59 Å². The van der Waals surface area contributed by atoms with Gasteiger partial charge >= 0.3 is 0 Å². The standard InChI is InChI=1S/C21H21ClN2O2/c22-17-8-4-9-18(13-17)24-14-16(12-20(24)25)21(26)23-11-5-10-19(23)15-6-2-1-3-7-15/h1-4,6-9,13,16,19H,5,10-12,14H2/t16-,19-/m1/s1. The fourth-order valence-electron chi connectivity index (χ4n) is 4.05. The fourth-order valence-corrected chi connectivity index (χ4v) is 4.24. The summed E-state index contributed by atoms with van der Waals surface area (Å²) in [5.74, 6) is -0.207. The lowest BCUT2D eigenvalue weighted by molar-refractivity contribution is -0.136. The molecule has 2 amide bonds. The summed E-state index contributed by atoms with van der Waals surface area (Å²) in [6.45, 7) is 1.19. The highest BCUT2D eigenvalue weighted by Crippen LogP contribution is 2.35. The third kappa shape index (κ3) is 3.21. The van der Waals surface area contributed by atoms with Crippen molar-refractivity contribution in [2.45, 2.75) is 25.3 Å². The van der Waals surface area contributed by atoms with Gasteiger partial charge in [-0.3, -0.25) is 9.59 Å². The van der Waals surface area contributed by atoms with Gasteiger partial charge in [-0.05, 0) is 36.6 Å². The van der Waals surface area contributed by atoms with Crippen molar-refractivity contribution in [2.75, 3.05) is 18.0 Å². The molecule has 0 spiro atoms. The first-order valence-electron chi connectivity index (χ1n) is 9.05. The summed E-state index contributed by atoms with van der Waals surface area (Å²) in [7, 11) is 0. The van der Waals surface area contributed by atoms with Gasteiger partial charge < -0.3 is 9.80 Å². The number of carbonyl (C=O) groups excluding carboxylic acids is 2. The first-order valence-corrected chi connectivity index (χ1v) is 9.42. The maximum absolute atomic E-state index is 13.1. The van der Waals surface area contributed by atoms with Crippen molar-refractivity contribution in [3.05, 3.63) is 65.2 Å². The van der Waals surface area contributed by atoms with Crippen LogP contribution < -0.4 is 4.90 Å². The third-order valence-corrected chi connectivity index (χ3v) is 5.55. The number of anilines is 1. The Labute approximate surface area is 158 Å². The summed E-state index contributed by atoms with van der Waals surface area (Å²) in [6, 6.07) is 17.5. The van der Waals surface area contributed by atoms with Crippen LogP contribution >= 0.6 is 11.6 Å². The van der Waals surface area contributed by atoms with E-state index in [4.69, 9.17) is 11.6 Å². The van der Waals surface area contributed by atoms with Gasteiger partial charge in [-0.1, -0.05) is 48.0 Å². The predicted molar refractivity (Wildman–Crippen MR) is 102 cm³/mol. The smallest absolute Gasteiger partial charge is 0.228 e. The maximum Gasteiger partial charge on any atom is 0.228 e. The molecule has 2 aromatic carbocycles. The number of amides is 2. The van der Waals surface area contributed by atoms with Crippen LogP contribution in [0.4, 0.5) is 5.69 Å². The Hall–Kier alpha value is -2.33. The predicted octanol–water partition coefficient (Wildman–Crippen LogP) is 4.06. The van der Waals surface area contributed by atoms with Gasteiger partial charge in [0.15, 0.2) is 0 Å². The molecule has 2 aliphatic heterocycles. The van der Waals surface area contributed by atoms with Crippen molar-refractivity contribution in [3.63, 3.8) is 0 Å². The molecule has 5 heteroatoms. The van der Waals surface area contributed by atoms with Crippen LogP contribution in [0.25, 0.3) is 0 Å². The summed E-state index contributed by atoms with van der Waals surface area (Å²) in [5, 5.41) is 0.591. The van der Waals surface area contributed by atoms with Crippen molar-refractivity contribution in [1.82, 2.24) is 4.90 Å². The molecule has 2 heterocycles. The van der Waals surface area contributed by atoms with Crippen molar-refractivity contribution in [2.24, 2.45) is 5.92 Å². The van der Waals surface area contributed by atoms with Gasteiger partial charge in [0, 0.05) is 30.2 Å². The highest BCUT2D eigenvalue weighted by atomic mass is 35.5. The molecule has 2 aliphatic rings. The van der Waals surface area contributed by atoms with Crippen LogP contribution in [0.2, 0.25) is 5.02 Å². The second-order valence-electron chi connectivity index (χ2n) is 6.99. The average Bonchev–Trinajstić information content (AvgIpc) is 3.29. The quantitative estimate of drug-likeness (QED) is 0.819. The summed E-state index contributed by atoms with van der Waals surface area (Å²) >= 11 is 6.05. The molecule has 134 valence electrons. The zero-order valence-electron chi connectivity index (χ0n) is 14.5. The molecule has 2 atom stereocenters. The molecule has 0 saturated carbocycles. The van der Waals surface area contributed by atoms with E-state index in [1.807, 2.05) is 35.2 Å². The highest BCUT2D eigenvalue weighted by molar-refractivity contribution is 6.31. The number of rotatable bonds is 3. The van der Waals surface area contributed by atoms with E-state index in [1.165, 1.54) is 5.56 Å². The van der Waals surface area contributed by atoms with Crippen molar-refractivity contribution < 1.29 is 9.59 Å². The molecule has 0 radical (unpaired) electrons. The normalized spacial score (nSPS) is 22.9. The van der Waals surface area contributed by atoms with Gasteiger partial charge in [0.2, 0.25) is 11.8 Å². The number of carbonyl (C=O) groups is 2. The number of halogens is 1. The molecule has 0 N–H and O–H groups in total. The highest BCUT2D eigenvalue weighted by Gasteiger charge is 2.40. The molecular formula is C21H21ClN2O2. The molecule has 4 rings (SSSR count). The van der Waals surface area contributed by atoms with E-state index in [2.05, 4.69) is 12.1 Å². The van der Waals surface area contributed by atoms with E-state index < -0.39 is 0 Å². The first kappa shape index (κ1) is 17.1. The SMILES string of the molecule is O=C1C[C@@H](C(=O)N2CCC[C@@H]2c2ccccc2)CN1c1cccc(Cl)c1. The number of hydrogen-bond donors (Lipinski definition) is 0. The lowest BCUT2D eigenvalue weighted by atomic mass is 10.0. The van der Waals surface area contributed by atoms with Crippen molar-refractivity contribution in [1.29, 1.82) is 0 Å². The molecule has 2 fully saturated rings. The molecular weight excluding hydrogens is 348 g/mol. The van der Waals surface area contributed by atoms with Crippen LogP contribution in [0.3, 0.4) is 0 Å². The van der Waals surface area contributed by atoms with E-state index >= 15 is 0 Å². The zero-order valence-corrected chi connectivity index (χ0v) is 15.2. The molecule has 0 unspecified atom stereocenters. The van der Waals surface area contributed by atoms with E-state index in [0.717, 1.165) is 25.1 Å². The third-order valence-electron chi connectivity index (χ3n) is 5.31. The van der Waals surface area contributed by atoms with Crippen LogP contribution in [-0.4, -0.2) is 29.8 Å². The van der Waals surface area contributed by atoms with Gasteiger partial charge in [-0.2, -0.15) is 0 Å². The number of hydrogen-bond acceptors (Lipinski definition) is 2. The summed E-state index contributed by atoms with van der Waals surface area (Å²) < 4.78 is 0. The Morgan fingerprint density at radius 3 is 2.65 bits per heavy atom. The Morgan fingerprint density at radius 1 is 1.08 bits per heavy atom. The van der Waals surface area contributed by atoms with Crippen LogP contribution in [0.15, 0.2) is 54.6 Å². The Morgan fingerprint density at radius 2 is 1.88 bits per heavy atom. The maximum atomic E-state index is 13.1. The molecule has 4 nitrogen and oxygen atoms in total. The van der Waals surface area contributed by atoms with Crippen LogP contribution in [0.1, 0.15) is 30.9 Å². The minimum absolute atomic E-state index is 0.0129.